The lowest BCUT2D eigenvalue weighted by Crippen LogP contribution is -2.06. The van der Waals surface area contributed by atoms with Gasteiger partial charge in [-0.1, -0.05) is 35.9 Å². The highest BCUT2D eigenvalue weighted by Gasteiger charge is 2.14. The Morgan fingerprint density at radius 2 is 1.88 bits per heavy atom. The Morgan fingerprint density at radius 3 is 2.64 bits per heavy atom. The fourth-order valence-corrected chi connectivity index (χ4v) is 2.45. The number of halogens is 1. The molecule has 0 aliphatic rings. The van der Waals surface area contributed by atoms with Crippen molar-refractivity contribution >= 4 is 23.2 Å². The van der Waals surface area contributed by atoms with Gasteiger partial charge in [-0.2, -0.15) is 14.8 Å². The van der Waals surface area contributed by atoms with Crippen LogP contribution in [-0.2, 0) is 6.54 Å². The van der Waals surface area contributed by atoms with E-state index in [-0.39, 0.29) is 0 Å². The maximum Gasteiger partial charge on any atom is 0.232 e. The van der Waals surface area contributed by atoms with Crippen LogP contribution in [-0.4, -0.2) is 34.5 Å². The molecule has 0 aliphatic heterocycles. The third-order valence-electron chi connectivity index (χ3n) is 3.37. The maximum absolute atomic E-state index is 6.01. The molecule has 0 saturated carbocycles. The van der Waals surface area contributed by atoms with Crippen LogP contribution in [0.4, 0.5) is 11.6 Å². The Bertz CT molecular complexity index is 965. The molecule has 124 valence electrons. The molecule has 8 nitrogen and oxygen atoms in total. The van der Waals surface area contributed by atoms with E-state index in [1.807, 2.05) is 42.5 Å². The first kappa shape index (κ1) is 15.3. The van der Waals surface area contributed by atoms with Crippen LogP contribution >= 0.6 is 11.6 Å². The summed E-state index contributed by atoms with van der Waals surface area (Å²) in [5.74, 6) is 1.69. The monoisotopic (exact) mass is 352 g/mol. The second-order valence-corrected chi connectivity index (χ2v) is 5.55. The molecule has 0 spiro atoms. The first-order valence-electron chi connectivity index (χ1n) is 7.51. The molecule has 0 unspecified atom stereocenters. The highest BCUT2D eigenvalue weighted by molar-refractivity contribution is 6.29. The standard InChI is InChI=1S/C16H13ClN8/c17-13-7-4-8-15(21-13)25-16(20-12-5-2-1-3-6-12)22-14(23-25)9-24-11-18-10-19-24/h1-8,10-11H,9H2,(H,20,22,23). The summed E-state index contributed by atoms with van der Waals surface area (Å²) in [5, 5.41) is 12.2. The molecular weight excluding hydrogens is 340 g/mol. The Balaban J connectivity index is 1.73. The van der Waals surface area contributed by atoms with E-state index in [0.29, 0.717) is 29.3 Å². The normalized spacial score (nSPS) is 10.8. The predicted molar refractivity (Wildman–Crippen MR) is 93.0 cm³/mol. The minimum atomic E-state index is 0.386. The summed E-state index contributed by atoms with van der Waals surface area (Å²) in [6.45, 7) is 0.400. The number of benzene rings is 1. The topological polar surface area (TPSA) is 86.3 Å². The van der Waals surface area contributed by atoms with Crippen LogP contribution in [0, 0.1) is 0 Å². The minimum Gasteiger partial charge on any atom is -0.324 e. The number of nitrogens with zero attached hydrogens (tertiary/aromatic N) is 7. The number of rotatable bonds is 5. The van der Waals surface area contributed by atoms with Gasteiger partial charge in [0.2, 0.25) is 5.95 Å². The van der Waals surface area contributed by atoms with Crippen LogP contribution in [0.1, 0.15) is 5.82 Å². The molecule has 0 radical (unpaired) electrons. The van der Waals surface area contributed by atoms with Crippen LogP contribution in [0.3, 0.4) is 0 Å². The first-order chi connectivity index (χ1) is 12.3. The van der Waals surface area contributed by atoms with Crippen LogP contribution in [0.2, 0.25) is 5.15 Å². The van der Waals surface area contributed by atoms with Gasteiger partial charge >= 0.3 is 0 Å². The van der Waals surface area contributed by atoms with Gasteiger partial charge in [0.15, 0.2) is 11.6 Å². The minimum absolute atomic E-state index is 0.386. The van der Waals surface area contributed by atoms with Gasteiger partial charge in [-0.25, -0.2) is 14.6 Å². The Labute approximate surface area is 148 Å². The summed E-state index contributed by atoms with van der Waals surface area (Å²) >= 11 is 6.01. The van der Waals surface area contributed by atoms with Gasteiger partial charge in [0.1, 0.15) is 24.4 Å². The molecule has 25 heavy (non-hydrogen) atoms. The average molecular weight is 353 g/mol. The molecule has 3 heterocycles. The molecule has 0 aliphatic carbocycles. The molecule has 1 N–H and O–H groups in total. The molecule has 0 saturated heterocycles. The summed E-state index contributed by atoms with van der Waals surface area (Å²) < 4.78 is 3.27. The second kappa shape index (κ2) is 6.70. The number of para-hydroxylation sites is 1. The highest BCUT2D eigenvalue weighted by Crippen LogP contribution is 2.19. The van der Waals surface area contributed by atoms with E-state index in [4.69, 9.17) is 11.6 Å². The number of aromatic nitrogens is 7. The van der Waals surface area contributed by atoms with Crippen molar-refractivity contribution in [3.63, 3.8) is 0 Å². The summed E-state index contributed by atoms with van der Waals surface area (Å²) in [5.41, 5.74) is 0.894. The van der Waals surface area contributed by atoms with Gasteiger partial charge in [-0.15, -0.1) is 5.10 Å². The van der Waals surface area contributed by atoms with Crippen molar-refractivity contribution in [3.05, 3.63) is 72.2 Å². The van der Waals surface area contributed by atoms with Gasteiger partial charge in [0.25, 0.3) is 0 Å². The van der Waals surface area contributed by atoms with E-state index in [0.717, 1.165) is 5.69 Å². The molecule has 0 bridgehead atoms. The lowest BCUT2D eigenvalue weighted by molar-refractivity contribution is 0.649. The SMILES string of the molecule is Clc1cccc(-n2nc(Cn3cncn3)nc2Nc2ccccc2)n1. The summed E-state index contributed by atoms with van der Waals surface area (Å²) in [6, 6.07) is 15.1. The summed E-state index contributed by atoms with van der Waals surface area (Å²) in [6.07, 6.45) is 3.08. The summed E-state index contributed by atoms with van der Waals surface area (Å²) in [4.78, 5) is 12.8. The van der Waals surface area contributed by atoms with Crippen molar-refractivity contribution in [1.29, 1.82) is 0 Å². The number of anilines is 2. The molecule has 9 heteroatoms. The Kier molecular flexibility index (Phi) is 4.09. The van der Waals surface area contributed by atoms with Crippen molar-refractivity contribution in [2.24, 2.45) is 0 Å². The van der Waals surface area contributed by atoms with Crippen LogP contribution in [0.15, 0.2) is 61.2 Å². The predicted octanol–water partition coefficient (Wildman–Crippen LogP) is 2.70. The molecule has 3 aromatic heterocycles. The lowest BCUT2D eigenvalue weighted by atomic mass is 10.3. The number of hydrogen-bond acceptors (Lipinski definition) is 6. The van der Waals surface area contributed by atoms with Gasteiger partial charge in [0.05, 0.1) is 0 Å². The molecule has 0 amide bonds. The zero-order valence-corrected chi connectivity index (χ0v) is 13.7. The van der Waals surface area contributed by atoms with E-state index in [9.17, 15) is 0 Å². The van der Waals surface area contributed by atoms with E-state index >= 15 is 0 Å². The second-order valence-electron chi connectivity index (χ2n) is 5.17. The van der Waals surface area contributed by atoms with E-state index in [1.165, 1.54) is 6.33 Å². The maximum atomic E-state index is 6.01. The van der Waals surface area contributed by atoms with E-state index in [1.54, 1.807) is 21.8 Å². The van der Waals surface area contributed by atoms with Crippen molar-refractivity contribution in [3.8, 4) is 5.82 Å². The van der Waals surface area contributed by atoms with E-state index < -0.39 is 0 Å². The molecule has 1 aromatic carbocycles. The smallest absolute Gasteiger partial charge is 0.232 e. The van der Waals surface area contributed by atoms with Gasteiger partial charge in [-0.05, 0) is 24.3 Å². The van der Waals surface area contributed by atoms with Crippen molar-refractivity contribution in [2.45, 2.75) is 6.54 Å². The lowest BCUT2D eigenvalue weighted by Gasteiger charge is -2.07. The van der Waals surface area contributed by atoms with Gasteiger partial charge in [-0.3, -0.25) is 0 Å². The van der Waals surface area contributed by atoms with Crippen molar-refractivity contribution in [1.82, 2.24) is 34.5 Å². The largest absolute Gasteiger partial charge is 0.324 e. The zero-order chi connectivity index (χ0) is 17.1. The molecular formula is C16H13ClN8. The Hall–Kier alpha value is -3.26. The zero-order valence-electron chi connectivity index (χ0n) is 13.0. The number of pyridine rings is 1. The summed E-state index contributed by atoms with van der Waals surface area (Å²) in [7, 11) is 0. The third-order valence-corrected chi connectivity index (χ3v) is 3.58. The first-order valence-corrected chi connectivity index (χ1v) is 7.89. The van der Waals surface area contributed by atoms with Gasteiger partial charge in [0, 0.05) is 5.69 Å². The number of nitrogens with one attached hydrogen (secondary N) is 1. The molecule has 4 rings (SSSR count). The van der Waals surface area contributed by atoms with Crippen molar-refractivity contribution in [2.75, 3.05) is 5.32 Å². The molecule has 0 atom stereocenters. The quantitative estimate of drug-likeness (QED) is 0.556. The van der Waals surface area contributed by atoms with Crippen LogP contribution in [0.25, 0.3) is 5.82 Å². The molecule has 4 aromatic rings. The fourth-order valence-electron chi connectivity index (χ4n) is 2.29. The third kappa shape index (κ3) is 3.48. The van der Waals surface area contributed by atoms with Crippen LogP contribution < -0.4 is 5.32 Å². The Morgan fingerprint density at radius 1 is 1.00 bits per heavy atom. The fraction of sp³-hybridized carbons (Fsp3) is 0.0625. The number of hydrogen-bond donors (Lipinski definition) is 1. The average Bonchev–Trinajstić information content (AvgIpc) is 3.26. The van der Waals surface area contributed by atoms with Gasteiger partial charge < -0.3 is 5.32 Å². The van der Waals surface area contributed by atoms with Crippen molar-refractivity contribution < 1.29 is 0 Å². The molecule has 0 fully saturated rings. The highest BCUT2D eigenvalue weighted by atomic mass is 35.5. The van der Waals surface area contributed by atoms with E-state index in [2.05, 4.69) is 30.5 Å². The van der Waals surface area contributed by atoms with Crippen LogP contribution in [0.5, 0.6) is 0 Å².